The van der Waals surface area contributed by atoms with E-state index in [1.165, 1.54) is 77.5 Å². The van der Waals surface area contributed by atoms with Crippen molar-refractivity contribution in [1.29, 1.82) is 0 Å². The zero-order valence-corrected chi connectivity index (χ0v) is 15.2. The second kappa shape index (κ2) is 19.3. The van der Waals surface area contributed by atoms with Crippen molar-refractivity contribution < 1.29 is 0 Å². The molecule has 0 aliphatic carbocycles. The van der Waals surface area contributed by atoms with Gasteiger partial charge < -0.3 is 0 Å². The number of alkyl halides is 1. The minimum absolute atomic E-state index is 0.851. The molecular weight excluding hydrogens is 224 g/mol. The van der Waals surface area contributed by atoms with E-state index in [9.17, 15) is 0 Å². The minimum atomic E-state index is 0.851. The quantitative estimate of drug-likeness (QED) is 0.354. The molecule has 0 radical (unpaired) electrons. The average Bonchev–Trinajstić information content (AvgIpc) is 2.20. The highest BCUT2D eigenvalue weighted by atomic mass is 35.5. The standard InChI is InChI=1S/C8H20Si.C3H9ClSi/c1-2-3-4-5-6-7-8-9;4-2-1-3-5/h2-8H2,1,9H3;1-3H2,5H3. The first-order valence-electron chi connectivity index (χ1n) is 6.39. The van der Waals surface area contributed by atoms with E-state index in [4.69, 9.17) is 11.6 Å². The highest BCUT2D eigenvalue weighted by Crippen LogP contribution is 2.05. The molecule has 0 rings (SSSR count). The largest absolute Gasteiger partial charge is 0.127 e. The van der Waals surface area contributed by atoms with Crippen molar-refractivity contribution in [3.63, 3.8) is 0 Å². The Morgan fingerprint density at radius 2 is 1.29 bits per heavy atom. The van der Waals surface area contributed by atoms with Crippen LogP contribution in [-0.4, -0.2) is 26.4 Å². The summed E-state index contributed by atoms with van der Waals surface area (Å²) in [6.07, 6.45) is 9.98. The van der Waals surface area contributed by atoms with Crippen LogP contribution in [0, 0.1) is 0 Å². The van der Waals surface area contributed by atoms with Crippen LogP contribution in [0.15, 0.2) is 0 Å². The van der Waals surface area contributed by atoms with Gasteiger partial charge in [-0.05, 0) is 6.42 Å². The number of hydrogen-bond acceptors (Lipinski definition) is 0. The molecule has 0 spiro atoms. The van der Waals surface area contributed by atoms with Crippen molar-refractivity contribution in [2.24, 2.45) is 0 Å². The molecule has 0 nitrogen and oxygen atoms in total. The average molecular weight is 253 g/mol. The SMILES string of the molecule is CCCCCCCC[SiH3].[SiH3]CCCCl. The molecule has 3 heteroatoms. The molecule has 0 aliphatic heterocycles. The molecule has 0 N–H and O–H groups in total. The molecule has 88 valence electrons. The zero-order valence-electron chi connectivity index (χ0n) is 10.4. The molecular formula is C11H29ClSi2. The molecule has 0 aromatic carbocycles. The van der Waals surface area contributed by atoms with Crippen molar-refractivity contribution in [2.75, 3.05) is 5.88 Å². The molecule has 0 bridgehead atoms. The highest BCUT2D eigenvalue weighted by molar-refractivity contribution is 6.18. The van der Waals surface area contributed by atoms with Crippen LogP contribution in [0.1, 0.15) is 51.9 Å². The molecule has 0 atom stereocenters. The Balaban J connectivity index is 0. The maximum absolute atomic E-state index is 5.32. The molecule has 0 unspecified atom stereocenters. The third-order valence-electron chi connectivity index (χ3n) is 2.19. The van der Waals surface area contributed by atoms with Gasteiger partial charge in [0.2, 0.25) is 0 Å². The Bertz CT molecular complexity index is 71.7. The lowest BCUT2D eigenvalue weighted by Gasteiger charge is -1.96. The summed E-state index contributed by atoms with van der Waals surface area (Å²) in [5, 5.41) is 0. The van der Waals surface area contributed by atoms with E-state index < -0.39 is 0 Å². The van der Waals surface area contributed by atoms with Crippen LogP contribution in [-0.2, 0) is 0 Å². The molecule has 0 saturated heterocycles. The number of rotatable bonds is 8. The fourth-order valence-corrected chi connectivity index (χ4v) is 2.73. The molecule has 14 heavy (non-hydrogen) atoms. The topological polar surface area (TPSA) is 0 Å². The van der Waals surface area contributed by atoms with Gasteiger partial charge in [-0.25, -0.2) is 0 Å². The van der Waals surface area contributed by atoms with Crippen molar-refractivity contribution in [3.05, 3.63) is 0 Å². The molecule has 0 aromatic heterocycles. The van der Waals surface area contributed by atoms with Crippen LogP contribution in [0.2, 0.25) is 12.1 Å². The van der Waals surface area contributed by atoms with Crippen LogP contribution >= 0.6 is 11.6 Å². The van der Waals surface area contributed by atoms with Crippen LogP contribution in [0.3, 0.4) is 0 Å². The maximum Gasteiger partial charge on any atom is 0.0220 e. The van der Waals surface area contributed by atoms with Crippen LogP contribution in [0.5, 0.6) is 0 Å². The van der Waals surface area contributed by atoms with Gasteiger partial charge in [0.1, 0.15) is 0 Å². The molecule has 0 heterocycles. The lowest BCUT2D eigenvalue weighted by molar-refractivity contribution is 0.624. The highest BCUT2D eigenvalue weighted by Gasteiger charge is 1.85. The third kappa shape index (κ3) is 23.0. The monoisotopic (exact) mass is 252 g/mol. The second-order valence-electron chi connectivity index (χ2n) is 3.81. The Morgan fingerprint density at radius 3 is 1.64 bits per heavy atom. The number of unbranched alkanes of at least 4 members (excludes halogenated alkanes) is 5. The van der Waals surface area contributed by atoms with Gasteiger partial charge in [0.05, 0.1) is 0 Å². The number of hydrogen-bond donors (Lipinski definition) is 0. The first kappa shape index (κ1) is 17.1. The van der Waals surface area contributed by atoms with Crippen LogP contribution in [0.25, 0.3) is 0 Å². The predicted molar refractivity (Wildman–Crippen MR) is 78.2 cm³/mol. The first-order chi connectivity index (χ1) is 6.83. The van der Waals surface area contributed by atoms with Crippen molar-refractivity contribution in [2.45, 2.75) is 64.0 Å². The normalized spacial score (nSPS) is 9.86. The van der Waals surface area contributed by atoms with Crippen molar-refractivity contribution >= 4 is 32.1 Å². The van der Waals surface area contributed by atoms with Gasteiger partial charge in [-0.3, -0.25) is 0 Å². The van der Waals surface area contributed by atoms with Crippen LogP contribution in [0.4, 0.5) is 0 Å². The van der Waals surface area contributed by atoms with Gasteiger partial charge in [-0.2, -0.15) is 0 Å². The van der Waals surface area contributed by atoms with E-state index in [2.05, 4.69) is 6.92 Å². The van der Waals surface area contributed by atoms with E-state index in [1.54, 1.807) is 0 Å². The first-order valence-corrected chi connectivity index (χ1v) is 9.75. The summed E-state index contributed by atoms with van der Waals surface area (Å²) in [6, 6.07) is 2.86. The molecule has 0 aromatic rings. The zero-order chi connectivity index (χ0) is 11.1. The lowest BCUT2D eigenvalue weighted by Crippen LogP contribution is -1.77. The van der Waals surface area contributed by atoms with Gasteiger partial charge >= 0.3 is 0 Å². The molecule has 0 saturated carbocycles. The van der Waals surface area contributed by atoms with Gasteiger partial charge in [0.15, 0.2) is 0 Å². The molecule has 0 amide bonds. The van der Waals surface area contributed by atoms with Gasteiger partial charge in [0.25, 0.3) is 0 Å². The van der Waals surface area contributed by atoms with E-state index in [0.717, 1.165) is 5.88 Å². The Hall–Kier alpha value is 0.724. The van der Waals surface area contributed by atoms with E-state index >= 15 is 0 Å². The summed E-state index contributed by atoms with van der Waals surface area (Å²) < 4.78 is 0. The fraction of sp³-hybridized carbons (Fsp3) is 1.00. The van der Waals surface area contributed by atoms with E-state index in [-0.39, 0.29) is 0 Å². The summed E-state index contributed by atoms with van der Waals surface area (Å²) in [5.74, 6) is 0.851. The summed E-state index contributed by atoms with van der Waals surface area (Å²) >= 11 is 5.32. The maximum atomic E-state index is 5.32. The summed E-state index contributed by atoms with van der Waals surface area (Å²) in [5.41, 5.74) is 0. The fourth-order valence-electron chi connectivity index (χ4n) is 1.16. The second-order valence-corrected chi connectivity index (χ2v) is 6.19. The van der Waals surface area contributed by atoms with Crippen molar-refractivity contribution in [1.82, 2.24) is 0 Å². The van der Waals surface area contributed by atoms with E-state index in [0.29, 0.717) is 0 Å². The lowest BCUT2D eigenvalue weighted by atomic mass is 10.1. The minimum Gasteiger partial charge on any atom is -0.127 e. The summed E-state index contributed by atoms with van der Waals surface area (Å²) in [7, 11) is 2.72. The smallest absolute Gasteiger partial charge is 0.0220 e. The third-order valence-corrected chi connectivity index (χ3v) is 3.88. The van der Waals surface area contributed by atoms with Crippen LogP contribution < -0.4 is 0 Å². The van der Waals surface area contributed by atoms with Crippen molar-refractivity contribution in [3.8, 4) is 0 Å². The predicted octanol–water partition coefficient (Wildman–Crippen LogP) is 2.53. The Kier molecular flexibility index (Phi) is 23.6. The van der Waals surface area contributed by atoms with Gasteiger partial charge in [-0.15, -0.1) is 11.6 Å². The number of halogens is 1. The van der Waals surface area contributed by atoms with Gasteiger partial charge in [-0.1, -0.05) is 57.5 Å². The molecule has 0 fully saturated rings. The summed E-state index contributed by atoms with van der Waals surface area (Å²) in [4.78, 5) is 0. The van der Waals surface area contributed by atoms with Gasteiger partial charge in [0, 0.05) is 26.4 Å². The Morgan fingerprint density at radius 1 is 0.786 bits per heavy atom. The van der Waals surface area contributed by atoms with E-state index in [1.807, 2.05) is 0 Å². The Labute approximate surface area is 102 Å². The molecule has 0 aliphatic rings. The summed E-state index contributed by atoms with van der Waals surface area (Å²) in [6.45, 7) is 2.27.